The minimum absolute atomic E-state index is 0.135. The van der Waals surface area contributed by atoms with Crippen molar-refractivity contribution in [2.24, 2.45) is 17.6 Å². The number of nitrogens with two attached hydrogens (primary N) is 1. The SMILES string of the molecule is CC(C)CC(C)(CN)NC(=O)CC1CCOCC1. The second kappa shape index (κ2) is 7.10. The minimum atomic E-state index is -0.267. The van der Waals surface area contributed by atoms with Crippen molar-refractivity contribution >= 4 is 5.91 Å². The summed E-state index contributed by atoms with van der Waals surface area (Å²) >= 11 is 0. The van der Waals surface area contributed by atoms with E-state index in [-0.39, 0.29) is 11.4 Å². The maximum absolute atomic E-state index is 12.1. The van der Waals surface area contributed by atoms with Crippen LogP contribution < -0.4 is 11.1 Å². The zero-order chi connectivity index (χ0) is 13.6. The lowest BCUT2D eigenvalue weighted by atomic mass is 9.89. The smallest absolute Gasteiger partial charge is 0.220 e. The molecule has 1 amide bonds. The largest absolute Gasteiger partial charge is 0.381 e. The molecule has 1 saturated heterocycles. The molecule has 1 aliphatic heterocycles. The summed E-state index contributed by atoms with van der Waals surface area (Å²) in [6.45, 7) is 8.41. The molecule has 0 saturated carbocycles. The number of ether oxygens (including phenoxy) is 1. The second-order valence-corrected chi connectivity index (χ2v) is 6.17. The van der Waals surface area contributed by atoms with Crippen LogP contribution in [0.15, 0.2) is 0 Å². The Labute approximate surface area is 111 Å². The monoisotopic (exact) mass is 256 g/mol. The van der Waals surface area contributed by atoms with E-state index >= 15 is 0 Å². The number of nitrogens with one attached hydrogen (secondary N) is 1. The van der Waals surface area contributed by atoms with Crippen LogP contribution in [0.25, 0.3) is 0 Å². The lowest BCUT2D eigenvalue weighted by Gasteiger charge is -2.32. The van der Waals surface area contributed by atoms with Gasteiger partial charge in [0.25, 0.3) is 0 Å². The van der Waals surface area contributed by atoms with Gasteiger partial charge in [-0.3, -0.25) is 4.79 Å². The maximum atomic E-state index is 12.1. The molecule has 0 bridgehead atoms. The van der Waals surface area contributed by atoms with Crippen LogP contribution in [0, 0.1) is 11.8 Å². The first-order chi connectivity index (χ1) is 8.45. The molecule has 1 rings (SSSR count). The van der Waals surface area contributed by atoms with Crippen LogP contribution in [0.5, 0.6) is 0 Å². The van der Waals surface area contributed by atoms with E-state index in [1.54, 1.807) is 0 Å². The molecule has 1 atom stereocenters. The molecule has 3 N–H and O–H groups in total. The molecule has 106 valence electrons. The lowest BCUT2D eigenvalue weighted by molar-refractivity contribution is -0.124. The van der Waals surface area contributed by atoms with Gasteiger partial charge in [0.2, 0.25) is 5.91 Å². The molecule has 18 heavy (non-hydrogen) atoms. The first-order valence-corrected chi connectivity index (χ1v) is 7.04. The number of hydrogen-bond acceptors (Lipinski definition) is 3. The van der Waals surface area contributed by atoms with Crippen molar-refractivity contribution in [2.45, 2.75) is 52.0 Å². The second-order valence-electron chi connectivity index (χ2n) is 6.17. The Bertz CT molecular complexity index is 263. The average Bonchev–Trinajstić information content (AvgIpc) is 2.28. The van der Waals surface area contributed by atoms with Gasteiger partial charge >= 0.3 is 0 Å². The molecule has 4 nitrogen and oxygen atoms in total. The highest BCUT2D eigenvalue weighted by Crippen LogP contribution is 2.20. The number of hydrogen-bond donors (Lipinski definition) is 2. The van der Waals surface area contributed by atoms with Gasteiger partial charge in [0.15, 0.2) is 0 Å². The third-order valence-electron chi connectivity index (χ3n) is 3.57. The van der Waals surface area contributed by atoms with Gasteiger partial charge in [-0.1, -0.05) is 13.8 Å². The summed E-state index contributed by atoms with van der Waals surface area (Å²) in [6.07, 6.45) is 3.52. The fourth-order valence-corrected chi connectivity index (χ4v) is 2.69. The molecule has 1 unspecified atom stereocenters. The average molecular weight is 256 g/mol. The molecule has 0 aliphatic carbocycles. The summed E-state index contributed by atoms with van der Waals surface area (Å²) in [5.41, 5.74) is 5.53. The quantitative estimate of drug-likeness (QED) is 0.760. The van der Waals surface area contributed by atoms with Crippen LogP contribution in [0.2, 0.25) is 0 Å². The Kier molecular flexibility index (Phi) is 6.09. The molecular weight excluding hydrogens is 228 g/mol. The van der Waals surface area contributed by atoms with Crippen molar-refractivity contribution in [2.75, 3.05) is 19.8 Å². The highest BCUT2D eigenvalue weighted by Gasteiger charge is 2.27. The summed E-state index contributed by atoms with van der Waals surface area (Å²) in [6, 6.07) is 0. The summed E-state index contributed by atoms with van der Waals surface area (Å²) in [4.78, 5) is 12.1. The Hall–Kier alpha value is -0.610. The molecule has 0 aromatic heterocycles. The van der Waals surface area contributed by atoms with Crippen molar-refractivity contribution in [1.82, 2.24) is 5.32 Å². The van der Waals surface area contributed by atoms with E-state index in [9.17, 15) is 4.79 Å². The Morgan fingerprint density at radius 3 is 2.56 bits per heavy atom. The van der Waals surface area contributed by atoms with Gasteiger partial charge in [-0.15, -0.1) is 0 Å². The zero-order valence-corrected chi connectivity index (χ0v) is 12.0. The van der Waals surface area contributed by atoms with Gasteiger partial charge in [0.1, 0.15) is 0 Å². The molecular formula is C14H28N2O2. The minimum Gasteiger partial charge on any atom is -0.381 e. The standard InChI is InChI=1S/C14H28N2O2/c1-11(2)9-14(3,10-15)16-13(17)8-12-4-6-18-7-5-12/h11-12H,4-10,15H2,1-3H3,(H,16,17). The molecule has 4 heteroatoms. The van der Waals surface area contributed by atoms with Gasteiger partial charge in [-0.05, 0) is 38.0 Å². The van der Waals surface area contributed by atoms with E-state index in [0.29, 0.717) is 24.8 Å². The number of carbonyl (C=O) groups is 1. The van der Waals surface area contributed by atoms with Gasteiger partial charge in [-0.2, -0.15) is 0 Å². The molecule has 0 spiro atoms. The van der Waals surface area contributed by atoms with Crippen molar-refractivity contribution in [3.8, 4) is 0 Å². The van der Waals surface area contributed by atoms with Crippen molar-refractivity contribution < 1.29 is 9.53 Å². The van der Waals surface area contributed by atoms with Crippen LogP contribution in [-0.2, 0) is 9.53 Å². The van der Waals surface area contributed by atoms with Gasteiger partial charge in [0, 0.05) is 31.7 Å². The molecule has 1 fully saturated rings. The predicted molar refractivity (Wildman–Crippen MR) is 73.2 cm³/mol. The fraction of sp³-hybridized carbons (Fsp3) is 0.929. The van der Waals surface area contributed by atoms with Crippen LogP contribution >= 0.6 is 0 Å². The molecule has 1 heterocycles. The first-order valence-electron chi connectivity index (χ1n) is 7.04. The van der Waals surface area contributed by atoms with Gasteiger partial charge in [-0.25, -0.2) is 0 Å². The third kappa shape index (κ3) is 5.36. The van der Waals surface area contributed by atoms with E-state index in [0.717, 1.165) is 32.5 Å². The number of carbonyl (C=O) groups excluding carboxylic acids is 1. The van der Waals surface area contributed by atoms with Gasteiger partial charge in [0.05, 0.1) is 0 Å². The van der Waals surface area contributed by atoms with Gasteiger partial charge < -0.3 is 15.8 Å². The topological polar surface area (TPSA) is 64.3 Å². The van der Waals surface area contributed by atoms with E-state index in [1.807, 2.05) is 6.92 Å². The fourth-order valence-electron chi connectivity index (χ4n) is 2.69. The summed E-state index contributed by atoms with van der Waals surface area (Å²) in [5, 5.41) is 3.12. The summed E-state index contributed by atoms with van der Waals surface area (Å²) in [7, 11) is 0. The third-order valence-corrected chi connectivity index (χ3v) is 3.57. The Morgan fingerprint density at radius 1 is 1.44 bits per heavy atom. The van der Waals surface area contributed by atoms with Crippen molar-refractivity contribution in [3.05, 3.63) is 0 Å². The highest BCUT2D eigenvalue weighted by molar-refractivity contribution is 5.77. The van der Waals surface area contributed by atoms with Crippen LogP contribution in [0.1, 0.15) is 46.5 Å². The van der Waals surface area contributed by atoms with Crippen LogP contribution in [-0.4, -0.2) is 31.2 Å². The normalized spacial score (nSPS) is 20.7. The number of rotatable bonds is 6. The van der Waals surface area contributed by atoms with Crippen LogP contribution in [0.4, 0.5) is 0 Å². The van der Waals surface area contributed by atoms with E-state index in [4.69, 9.17) is 10.5 Å². The Morgan fingerprint density at radius 2 is 2.06 bits per heavy atom. The Balaban J connectivity index is 2.40. The zero-order valence-electron chi connectivity index (χ0n) is 12.0. The lowest BCUT2D eigenvalue weighted by Crippen LogP contribution is -2.52. The summed E-state index contributed by atoms with van der Waals surface area (Å²) in [5.74, 6) is 1.14. The van der Waals surface area contributed by atoms with E-state index < -0.39 is 0 Å². The predicted octanol–water partition coefficient (Wildman–Crippen LogP) is 1.68. The molecule has 0 aromatic carbocycles. The molecule has 1 aliphatic rings. The number of amides is 1. The van der Waals surface area contributed by atoms with Crippen LogP contribution in [0.3, 0.4) is 0 Å². The summed E-state index contributed by atoms with van der Waals surface area (Å²) < 4.78 is 5.30. The highest BCUT2D eigenvalue weighted by atomic mass is 16.5. The maximum Gasteiger partial charge on any atom is 0.220 e. The van der Waals surface area contributed by atoms with E-state index in [2.05, 4.69) is 19.2 Å². The molecule has 0 aromatic rings. The first kappa shape index (κ1) is 15.4. The van der Waals surface area contributed by atoms with E-state index in [1.165, 1.54) is 0 Å². The van der Waals surface area contributed by atoms with Crippen molar-refractivity contribution in [1.29, 1.82) is 0 Å². The molecule has 0 radical (unpaired) electrons. The van der Waals surface area contributed by atoms with Crippen molar-refractivity contribution in [3.63, 3.8) is 0 Å².